The first-order valence-corrected chi connectivity index (χ1v) is 20.1. The largest absolute Gasteiger partial charge is 0.235 e. The summed E-state index contributed by atoms with van der Waals surface area (Å²) < 4.78 is 120. The molecule has 3 heterocycles. The van der Waals surface area contributed by atoms with E-state index in [-0.39, 0.29) is 33.2 Å². The molecule has 0 saturated heterocycles. The van der Waals surface area contributed by atoms with Crippen LogP contribution in [0.15, 0.2) is 194 Å². The van der Waals surface area contributed by atoms with Gasteiger partial charge in [0.05, 0.1) is 33.7 Å². The van der Waals surface area contributed by atoms with Crippen LogP contribution in [0, 0.1) is 0 Å². The van der Waals surface area contributed by atoms with Gasteiger partial charge in [0.2, 0.25) is 0 Å². The molecule has 0 N–H and O–H groups in total. The summed E-state index contributed by atoms with van der Waals surface area (Å²) in [7, 11) is 0. The molecule has 0 fully saturated rings. The molecule has 0 aliphatic heterocycles. The van der Waals surface area contributed by atoms with Crippen LogP contribution in [0.2, 0.25) is 0 Å². The quantitative estimate of drug-likeness (QED) is 0.174. The van der Waals surface area contributed by atoms with E-state index in [0.717, 1.165) is 37.3 Å². The molecule has 0 bridgehead atoms. The van der Waals surface area contributed by atoms with E-state index in [1.165, 1.54) is 43.4 Å². The average molecular weight is 786 g/mol. The van der Waals surface area contributed by atoms with E-state index in [2.05, 4.69) is 78.9 Å². The van der Waals surface area contributed by atoms with Crippen molar-refractivity contribution in [3.63, 3.8) is 0 Å². The summed E-state index contributed by atoms with van der Waals surface area (Å²) in [4.78, 5) is 9.48. The lowest BCUT2D eigenvalue weighted by Gasteiger charge is -2.09. The molecule has 0 amide bonds. The average Bonchev–Trinajstić information content (AvgIpc) is 3.96. The van der Waals surface area contributed by atoms with Crippen LogP contribution in [0.25, 0.3) is 118 Å². The summed E-state index contributed by atoms with van der Waals surface area (Å²) in [5.74, 6) is 0. The Hall–Kier alpha value is -6.98. The Morgan fingerprint density at radius 1 is 0.397 bits per heavy atom. The smallest absolute Gasteiger partial charge is 0.116 e. The lowest BCUT2D eigenvalue weighted by molar-refractivity contribution is 1.24. The van der Waals surface area contributed by atoms with Crippen LogP contribution < -0.4 is 0 Å². The van der Waals surface area contributed by atoms with Gasteiger partial charge in [-0.05, 0) is 115 Å². The van der Waals surface area contributed by atoms with Gasteiger partial charge in [-0.3, -0.25) is 0 Å². The number of rotatable bonds is 5. The summed E-state index contributed by atoms with van der Waals surface area (Å²) in [5.41, 5.74) is 6.00. The molecule has 0 spiro atoms. The Labute approximate surface area is 361 Å². The molecule has 0 atom stereocenters. The molecule has 2 nitrogen and oxygen atoms in total. The standard InChI is InChI=1S/C54H32N2S2/c1-2-9-34-26-37(19-18-33(34)8-1)38-20-21-40-28-41(23-22-39(40)27-38)42-24-25-50-48(31-42)52-54(58-50)51(55-32-56-52)44-13-6-11-36(30-44)35-10-5-12-43(29-35)45-15-7-16-47-46-14-3-4-17-49(46)57-53(45)47/h1-32H/i1D,2D,8D,9D,18D,19D,20D,21D,22D,23D,26D,27D,28D. The zero-order chi connectivity index (χ0) is 49.5. The molecule has 12 rings (SSSR count). The fourth-order valence-corrected chi connectivity index (χ4v) is 10.1. The molecule has 4 heteroatoms. The number of fused-ring (bicyclic) bond motifs is 8. The van der Waals surface area contributed by atoms with Gasteiger partial charge < -0.3 is 0 Å². The van der Waals surface area contributed by atoms with Gasteiger partial charge in [0.25, 0.3) is 0 Å². The molecule has 270 valence electrons. The van der Waals surface area contributed by atoms with E-state index in [4.69, 9.17) is 20.9 Å². The van der Waals surface area contributed by atoms with E-state index in [9.17, 15) is 6.85 Å². The Morgan fingerprint density at radius 3 is 1.79 bits per heavy atom. The van der Waals surface area contributed by atoms with E-state index in [0.29, 0.717) is 16.5 Å². The van der Waals surface area contributed by atoms with E-state index in [1.807, 2.05) is 18.2 Å². The van der Waals surface area contributed by atoms with Gasteiger partial charge in [-0.25, -0.2) is 9.97 Å². The monoisotopic (exact) mass is 785 g/mol. The molecule has 3 aromatic heterocycles. The first-order valence-electron chi connectivity index (χ1n) is 25.0. The van der Waals surface area contributed by atoms with E-state index < -0.39 is 83.6 Å². The van der Waals surface area contributed by atoms with Crippen molar-refractivity contribution >= 4 is 84.7 Å². The molecule has 0 unspecified atom stereocenters. The van der Waals surface area contributed by atoms with Gasteiger partial charge in [0, 0.05) is 35.8 Å². The predicted molar refractivity (Wildman–Crippen MR) is 250 cm³/mol. The highest BCUT2D eigenvalue weighted by atomic mass is 32.1. The second-order valence-electron chi connectivity index (χ2n) is 13.9. The van der Waals surface area contributed by atoms with Crippen LogP contribution in [-0.2, 0) is 0 Å². The first-order chi connectivity index (χ1) is 34.2. The van der Waals surface area contributed by atoms with Crippen LogP contribution in [-0.4, -0.2) is 9.97 Å². The van der Waals surface area contributed by atoms with E-state index >= 15 is 0 Å². The third kappa shape index (κ3) is 5.53. The molecule has 0 saturated carbocycles. The minimum atomic E-state index is -0.702. The van der Waals surface area contributed by atoms with Crippen molar-refractivity contribution in [1.82, 2.24) is 9.97 Å². The second kappa shape index (κ2) is 13.3. The number of hydrogen-bond acceptors (Lipinski definition) is 4. The van der Waals surface area contributed by atoms with Crippen molar-refractivity contribution in [3.8, 4) is 55.8 Å². The minimum absolute atomic E-state index is 0.00546. The highest BCUT2D eigenvalue weighted by molar-refractivity contribution is 7.26. The number of hydrogen-bond donors (Lipinski definition) is 0. The van der Waals surface area contributed by atoms with Crippen LogP contribution in [0.4, 0.5) is 0 Å². The topological polar surface area (TPSA) is 25.8 Å². The van der Waals surface area contributed by atoms with Gasteiger partial charge in [-0.15, -0.1) is 22.7 Å². The summed E-state index contributed by atoms with van der Waals surface area (Å²) >= 11 is 3.30. The third-order valence-corrected chi connectivity index (χ3v) is 12.8. The van der Waals surface area contributed by atoms with Gasteiger partial charge in [0.15, 0.2) is 0 Å². The molecule has 0 radical (unpaired) electrons. The fourth-order valence-electron chi connectivity index (χ4n) is 7.67. The van der Waals surface area contributed by atoms with Gasteiger partial charge >= 0.3 is 0 Å². The molecule has 58 heavy (non-hydrogen) atoms. The number of aromatic nitrogens is 2. The zero-order valence-corrected chi connectivity index (χ0v) is 31.8. The lowest BCUT2D eigenvalue weighted by atomic mass is 9.96. The summed E-state index contributed by atoms with van der Waals surface area (Å²) in [6.45, 7) is 0. The lowest BCUT2D eigenvalue weighted by Crippen LogP contribution is -1.88. The summed E-state index contributed by atoms with van der Waals surface area (Å²) in [5, 5.41) is 1.86. The number of nitrogens with zero attached hydrogens (tertiary/aromatic N) is 2. The van der Waals surface area contributed by atoms with Crippen LogP contribution >= 0.6 is 22.7 Å². The van der Waals surface area contributed by atoms with Crippen molar-refractivity contribution in [2.45, 2.75) is 0 Å². The highest BCUT2D eigenvalue weighted by Gasteiger charge is 2.16. The minimum Gasteiger partial charge on any atom is -0.235 e. The molecule has 0 aliphatic rings. The van der Waals surface area contributed by atoms with Gasteiger partial charge in [0.1, 0.15) is 6.33 Å². The maximum Gasteiger partial charge on any atom is 0.116 e. The van der Waals surface area contributed by atoms with Crippen molar-refractivity contribution in [2.24, 2.45) is 0 Å². The molecule has 12 aromatic rings. The Bertz CT molecular complexity index is 4360. The predicted octanol–water partition coefficient (Wildman–Crippen LogP) is 15.9. The van der Waals surface area contributed by atoms with Crippen molar-refractivity contribution in [3.05, 3.63) is 194 Å². The van der Waals surface area contributed by atoms with Crippen molar-refractivity contribution < 1.29 is 17.8 Å². The van der Waals surface area contributed by atoms with Crippen LogP contribution in [0.1, 0.15) is 17.8 Å². The number of benzene rings is 9. The highest BCUT2D eigenvalue weighted by Crippen LogP contribution is 2.43. The van der Waals surface area contributed by atoms with E-state index in [1.54, 1.807) is 23.5 Å². The van der Waals surface area contributed by atoms with Crippen LogP contribution in [0.3, 0.4) is 0 Å². The molecule has 0 aliphatic carbocycles. The molecular weight excluding hydrogens is 741 g/mol. The fraction of sp³-hybridized carbons (Fsp3) is 0. The molecule has 9 aromatic carbocycles. The number of thiophene rings is 2. The normalized spacial score (nSPS) is 14.9. The SMILES string of the molecule is [2H]c1c([2H])c([2H])c2c([2H])c(-c3c([2H])c([2H])c4c([2H])c(-c5ccc6sc7c(-c8cccc(-c9cccc(-c%10cccc%11c%10sc%10ccccc%10%11)c9)c8)ncnc7c6c5)c([2H])c([2H])c4c3[2H])c([2H])c([2H])c2c1[2H]. The summed E-state index contributed by atoms with van der Waals surface area (Å²) in [6, 6.07) is 29.3. The summed E-state index contributed by atoms with van der Waals surface area (Å²) in [6.07, 6.45) is 1.51. The second-order valence-corrected chi connectivity index (χ2v) is 16.0. The van der Waals surface area contributed by atoms with Crippen molar-refractivity contribution in [2.75, 3.05) is 0 Å². The Morgan fingerprint density at radius 2 is 0.983 bits per heavy atom. The zero-order valence-electron chi connectivity index (χ0n) is 43.2. The first kappa shape index (κ1) is 22.7. The van der Waals surface area contributed by atoms with Crippen molar-refractivity contribution in [1.29, 1.82) is 0 Å². The van der Waals surface area contributed by atoms with Gasteiger partial charge in [-0.1, -0.05) is 139 Å². The Kier molecular flexibility index (Phi) is 5.21. The molecular formula is C54H32N2S2. The van der Waals surface area contributed by atoms with Crippen LogP contribution in [0.5, 0.6) is 0 Å². The Balaban J connectivity index is 0.956. The maximum atomic E-state index is 9.44. The maximum absolute atomic E-state index is 9.44. The van der Waals surface area contributed by atoms with Gasteiger partial charge in [-0.2, -0.15) is 0 Å². The third-order valence-electron chi connectivity index (χ3n) is 10.5.